The van der Waals surface area contributed by atoms with Gasteiger partial charge >= 0.3 is 0 Å². The predicted octanol–water partition coefficient (Wildman–Crippen LogP) is 2.95. The van der Waals surface area contributed by atoms with Gasteiger partial charge in [0, 0.05) is 17.3 Å². The highest BCUT2D eigenvalue weighted by Gasteiger charge is 2.27. The molecule has 3 heteroatoms. The van der Waals surface area contributed by atoms with Gasteiger partial charge in [-0.3, -0.25) is 0 Å². The summed E-state index contributed by atoms with van der Waals surface area (Å²) in [5.41, 5.74) is 2.84. The molecule has 1 saturated heterocycles. The molecule has 1 aromatic rings. The Morgan fingerprint density at radius 2 is 2.26 bits per heavy atom. The van der Waals surface area contributed by atoms with Crippen LogP contribution in [0.25, 0.3) is 0 Å². The second kappa shape index (κ2) is 5.04. The molecule has 3 nitrogen and oxygen atoms in total. The largest absolute Gasteiger partial charge is 0.493 e. The van der Waals surface area contributed by atoms with Crippen molar-refractivity contribution in [1.82, 2.24) is 5.32 Å². The molecule has 19 heavy (non-hydrogen) atoms. The summed E-state index contributed by atoms with van der Waals surface area (Å²) in [6.07, 6.45) is 4.64. The van der Waals surface area contributed by atoms with Crippen molar-refractivity contribution in [3.05, 3.63) is 23.8 Å². The number of ether oxygens (including phenoxy) is 1. The van der Waals surface area contributed by atoms with Gasteiger partial charge in [0.2, 0.25) is 0 Å². The molecule has 0 aromatic heterocycles. The van der Waals surface area contributed by atoms with E-state index in [-0.39, 0.29) is 5.54 Å². The van der Waals surface area contributed by atoms with Crippen molar-refractivity contribution in [1.29, 1.82) is 0 Å². The zero-order valence-electron chi connectivity index (χ0n) is 12.0. The van der Waals surface area contributed by atoms with Gasteiger partial charge in [0.05, 0.1) is 6.61 Å². The topological polar surface area (TPSA) is 33.3 Å². The molecular weight excluding hydrogens is 236 g/mol. The number of nitrogens with one attached hydrogen (secondary N) is 2. The number of piperidine rings is 1. The van der Waals surface area contributed by atoms with Gasteiger partial charge in [-0.05, 0) is 69.8 Å². The first kappa shape index (κ1) is 12.8. The quantitative estimate of drug-likeness (QED) is 0.857. The van der Waals surface area contributed by atoms with Crippen LogP contribution in [-0.4, -0.2) is 24.7 Å². The average Bonchev–Trinajstić information content (AvgIpc) is 2.37. The minimum absolute atomic E-state index is 0.243. The summed E-state index contributed by atoms with van der Waals surface area (Å²) < 4.78 is 5.66. The Kier molecular flexibility index (Phi) is 3.40. The third kappa shape index (κ3) is 3.03. The first-order valence-corrected chi connectivity index (χ1v) is 7.40. The Morgan fingerprint density at radius 3 is 3.11 bits per heavy atom. The molecule has 1 fully saturated rings. The van der Waals surface area contributed by atoms with E-state index in [1.165, 1.54) is 24.1 Å². The summed E-state index contributed by atoms with van der Waals surface area (Å²) in [6.45, 7) is 6.52. The Bertz CT molecular complexity index is 456. The molecule has 0 radical (unpaired) electrons. The summed E-state index contributed by atoms with van der Waals surface area (Å²) in [6, 6.07) is 7.10. The van der Waals surface area contributed by atoms with Crippen LogP contribution < -0.4 is 15.4 Å². The van der Waals surface area contributed by atoms with Crippen molar-refractivity contribution in [2.24, 2.45) is 0 Å². The lowest BCUT2D eigenvalue weighted by molar-refractivity contribution is 0.285. The van der Waals surface area contributed by atoms with Gasteiger partial charge in [0.1, 0.15) is 5.75 Å². The summed E-state index contributed by atoms with van der Waals surface area (Å²) in [4.78, 5) is 0. The van der Waals surface area contributed by atoms with Crippen molar-refractivity contribution >= 4 is 5.69 Å². The molecule has 2 aliphatic heterocycles. The maximum absolute atomic E-state index is 5.66. The lowest BCUT2D eigenvalue weighted by Crippen LogP contribution is -2.50. The number of anilines is 1. The monoisotopic (exact) mass is 260 g/mol. The molecule has 0 aliphatic carbocycles. The van der Waals surface area contributed by atoms with Gasteiger partial charge in [0.25, 0.3) is 0 Å². The molecule has 1 atom stereocenters. The van der Waals surface area contributed by atoms with Crippen molar-refractivity contribution in [2.75, 3.05) is 18.5 Å². The van der Waals surface area contributed by atoms with E-state index in [0.717, 1.165) is 31.7 Å². The minimum Gasteiger partial charge on any atom is -0.493 e. The standard InChI is InChI=1S/C16H24N2O/c1-16(2)11-14(7-8-17-16)18-13-5-6-15-12(10-13)4-3-9-19-15/h5-6,10,14,17-18H,3-4,7-9,11H2,1-2H3. The highest BCUT2D eigenvalue weighted by Crippen LogP contribution is 2.29. The molecular formula is C16H24N2O. The molecule has 0 amide bonds. The zero-order chi connectivity index (χ0) is 13.3. The minimum atomic E-state index is 0.243. The molecule has 2 N–H and O–H groups in total. The van der Waals surface area contributed by atoms with Crippen LogP contribution in [0.2, 0.25) is 0 Å². The fourth-order valence-corrected chi connectivity index (χ4v) is 3.18. The normalized spacial score (nSPS) is 25.3. The maximum Gasteiger partial charge on any atom is 0.122 e. The lowest BCUT2D eigenvalue weighted by Gasteiger charge is -2.37. The first-order chi connectivity index (χ1) is 9.12. The smallest absolute Gasteiger partial charge is 0.122 e. The van der Waals surface area contributed by atoms with E-state index in [1.54, 1.807) is 0 Å². The van der Waals surface area contributed by atoms with Crippen LogP contribution >= 0.6 is 0 Å². The maximum atomic E-state index is 5.66. The number of aryl methyl sites for hydroxylation is 1. The fraction of sp³-hybridized carbons (Fsp3) is 0.625. The third-order valence-corrected chi connectivity index (χ3v) is 4.13. The second-order valence-electron chi connectivity index (χ2n) is 6.42. The SMILES string of the molecule is CC1(C)CC(Nc2ccc3c(c2)CCCO3)CCN1. The summed E-state index contributed by atoms with van der Waals surface area (Å²) >= 11 is 0. The molecule has 1 aromatic carbocycles. The fourth-order valence-electron chi connectivity index (χ4n) is 3.18. The van der Waals surface area contributed by atoms with E-state index < -0.39 is 0 Å². The Labute approximate surface area is 115 Å². The molecule has 0 spiro atoms. The Morgan fingerprint density at radius 1 is 1.37 bits per heavy atom. The molecule has 3 rings (SSSR count). The highest BCUT2D eigenvalue weighted by molar-refractivity contribution is 5.52. The van der Waals surface area contributed by atoms with Gasteiger partial charge in [-0.15, -0.1) is 0 Å². The molecule has 2 aliphatic rings. The lowest BCUT2D eigenvalue weighted by atomic mass is 9.89. The third-order valence-electron chi connectivity index (χ3n) is 4.13. The first-order valence-electron chi connectivity index (χ1n) is 7.40. The number of rotatable bonds is 2. The molecule has 104 valence electrons. The molecule has 1 unspecified atom stereocenters. The van der Waals surface area contributed by atoms with Crippen LogP contribution in [0.3, 0.4) is 0 Å². The average molecular weight is 260 g/mol. The van der Waals surface area contributed by atoms with Gasteiger partial charge in [-0.1, -0.05) is 0 Å². The van der Waals surface area contributed by atoms with Gasteiger partial charge in [-0.2, -0.15) is 0 Å². The Hall–Kier alpha value is -1.22. The molecule has 0 saturated carbocycles. The van der Waals surface area contributed by atoms with E-state index in [1.807, 2.05) is 0 Å². The summed E-state index contributed by atoms with van der Waals surface area (Å²) in [5, 5.41) is 7.26. The van der Waals surface area contributed by atoms with Crippen LogP contribution in [0.1, 0.15) is 38.7 Å². The summed E-state index contributed by atoms with van der Waals surface area (Å²) in [7, 11) is 0. The van der Waals surface area contributed by atoms with E-state index in [4.69, 9.17) is 4.74 Å². The van der Waals surface area contributed by atoms with E-state index in [0.29, 0.717) is 6.04 Å². The molecule has 0 bridgehead atoms. The van der Waals surface area contributed by atoms with E-state index in [9.17, 15) is 0 Å². The van der Waals surface area contributed by atoms with Crippen LogP contribution in [0.4, 0.5) is 5.69 Å². The highest BCUT2D eigenvalue weighted by atomic mass is 16.5. The predicted molar refractivity (Wildman–Crippen MR) is 79.0 cm³/mol. The second-order valence-corrected chi connectivity index (χ2v) is 6.42. The van der Waals surface area contributed by atoms with Crippen molar-refractivity contribution in [3.8, 4) is 5.75 Å². The van der Waals surface area contributed by atoms with Crippen LogP contribution in [-0.2, 0) is 6.42 Å². The van der Waals surface area contributed by atoms with E-state index in [2.05, 4.69) is 42.7 Å². The summed E-state index contributed by atoms with van der Waals surface area (Å²) in [5.74, 6) is 1.07. The Balaban J connectivity index is 1.69. The van der Waals surface area contributed by atoms with Gasteiger partial charge < -0.3 is 15.4 Å². The van der Waals surface area contributed by atoms with Crippen molar-refractivity contribution in [3.63, 3.8) is 0 Å². The van der Waals surface area contributed by atoms with E-state index >= 15 is 0 Å². The van der Waals surface area contributed by atoms with Crippen molar-refractivity contribution in [2.45, 2.75) is 51.1 Å². The number of hydrogen-bond donors (Lipinski definition) is 2. The van der Waals surface area contributed by atoms with Crippen LogP contribution in [0, 0.1) is 0 Å². The number of hydrogen-bond acceptors (Lipinski definition) is 3. The zero-order valence-corrected chi connectivity index (χ0v) is 12.0. The van der Waals surface area contributed by atoms with Crippen molar-refractivity contribution < 1.29 is 4.74 Å². The van der Waals surface area contributed by atoms with Gasteiger partial charge in [0.15, 0.2) is 0 Å². The van der Waals surface area contributed by atoms with Crippen LogP contribution in [0.15, 0.2) is 18.2 Å². The van der Waals surface area contributed by atoms with Crippen LogP contribution in [0.5, 0.6) is 5.75 Å². The van der Waals surface area contributed by atoms with Gasteiger partial charge in [-0.25, -0.2) is 0 Å². The number of benzene rings is 1. The molecule has 2 heterocycles. The number of fused-ring (bicyclic) bond motifs is 1.